The number of carbonyl (C=O) groups excluding carboxylic acids is 1. The lowest BCUT2D eigenvalue weighted by atomic mass is 10.2. The molecule has 27 heavy (non-hydrogen) atoms. The lowest BCUT2D eigenvalue weighted by Gasteiger charge is -2.06. The van der Waals surface area contributed by atoms with Crippen LogP contribution in [-0.4, -0.2) is 36.9 Å². The Bertz CT molecular complexity index is 924. The Morgan fingerprint density at radius 1 is 1.33 bits per heavy atom. The van der Waals surface area contributed by atoms with E-state index in [1.165, 1.54) is 18.3 Å². The van der Waals surface area contributed by atoms with Gasteiger partial charge in [0.1, 0.15) is 5.15 Å². The van der Waals surface area contributed by atoms with Crippen LogP contribution in [0.1, 0.15) is 25.1 Å². The average molecular weight is 412 g/mol. The van der Waals surface area contributed by atoms with Gasteiger partial charge in [0.05, 0.1) is 28.9 Å². The molecular weight excluding hydrogens is 390 g/mol. The van der Waals surface area contributed by atoms with Crippen LogP contribution in [0.25, 0.3) is 0 Å². The second-order valence-corrected chi connectivity index (χ2v) is 8.42. The third-order valence-corrected chi connectivity index (χ3v) is 5.32. The molecule has 0 bridgehead atoms. The highest BCUT2D eigenvalue weighted by atomic mass is 35.5. The van der Waals surface area contributed by atoms with Gasteiger partial charge in [0.25, 0.3) is 5.91 Å². The number of hydrogen-bond donors (Lipinski definition) is 2. The normalized spacial score (nSPS) is 12.0. The zero-order chi connectivity index (χ0) is 20.0. The smallest absolute Gasteiger partial charge is 0.255 e. The van der Waals surface area contributed by atoms with Crippen molar-refractivity contribution in [2.75, 3.05) is 6.54 Å². The fourth-order valence-corrected chi connectivity index (χ4v) is 3.53. The standard InChI is InChI=1S/C17H22ClN5O3S/c1-12(2)11-23-17(18)15(13(3)22-23)9-19-21-16(24)10-20-27(25,26)14-7-5-4-6-8-14/h4-9,12,20H,10-11H2,1-3H3,(H,21,24)/b19-9-. The van der Waals surface area contributed by atoms with Crippen LogP contribution in [0.4, 0.5) is 0 Å². The minimum atomic E-state index is -3.75. The molecule has 0 saturated heterocycles. The van der Waals surface area contributed by atoms with Gasteiger partial charge in [-0.2, -0.15) is 10.2 Å². The number of sulfonamides is 1. The van der Waals surface area contributed by atoms with E-state index in [9.17, 15) is 13.2 Å². The number of hydrazone groups is 1. The van der Waals surface area contributed by atoms with Crippen LogP contribution in [0.3, 0.4) is 0 Å². The van der Waals surface area contributed by atoms with E-state index in [1.807, 2.05) is 0 Å². The fraction of sp³-hybridized carbons (Fsp3) is 0.353. The zero-order valence-electron chi connectivity index (χ0n) is 15.3. The molecule has 2 N–H and O–H groups in total. The molecule has 0 aliphatic rings. The number of aromatic nitrogens is 2. The van der Waals surface area contributed by atoms with Gasteiger partial charge in [-0.05, 0) is 25.0 Å². The first-order valence-corrected chi connectivity index (χ1v) is 10.2. The lowest BCUT2D eigenvalue weighted by Crippen LogP contribution is -2.34. The molecule has 2 aromatic rings. The first kappa shape index (κ1) is 21.1. The van der Waals surface area contributed by atoms with E-state index >= 15 is 0 Å². The van der Waals surface area contributed by atoms with E-state index in [2.05, 4.69) is 34.2 Å². The van der Waals surface area contributed by atoms with Crippen LogP contribution in [0.15, 0.2) is 40.3 Å². The number of nitrogens with zero attached hydrogens (tertiary/aromatic N) is 3. The number of carbonyl (C=O) groups is 1. The maximum absolute atomic E-state index is 12.1. The quantitative estimate of drug-likeness (QED) is 0.511. The molecule has 146 valence electrons. The number of amides is 1. The van der Waals surface area contributed by atoms with Crippen molar-refractivity contribution < 1.29 is 13.2 Å². The van der Waals surface area contributed by atoms with Crippen molar-refractivity contribution in [3.63, 3.8) is 0 Å². The van der Waals surface area contributed by atoms with Crippen molar-refractivity contribution in [3.05, 3.63) is 46.7 Å². The number of benzene rings is 1. The predicted molar refractivity (Wildman–Crippen MR) is 104 cm³/mol. The van der Waals surface area contributed by atoms with Crippen LogP contribution in [0.5, 0.6) is 0 Å². The van der Waals surface area contributed by atoms with E-state index in [-0.39, 0.29) is 4.90 Å². The minimum absolute atomic E-state index is 0.0845. The van der Waals surface area contributed by atoms with E-state index in [0.717, 1.165) is 0 Å². The average Bonchev–Trinajstić information content (AvgIpc) is 2.87. The van der Waals surface area contributed by atoms with Gasteiger partial charge in [0.2, 0.25) is 10.0 Å². The van der Waals surface area contributed by atoms with Crippen LogP contribution in [-0.2, 0) is 21.4 Å². The summed E-state index contributed by atoms with van der Waals surface area (Å²) in [5.41, 5.74) is 3.55. The van der Waals surface area contributed by atoms with Gasteiger partial charge in [-0.1, -0.05) is 43.6 Å². The van der Waals surface area contributed by atoms with E-state index in [0.29, 0.717) is 28.9 Å². The van der Waals surface area contributed by atoms with Gasteiger partial charge in [0, 0.05) is 6.54 Å². The van der Waals surface area contributed by atoms with Crippen molar-refractivity contribution >= 4 is 33.7 Å². The Hall–Kier alpha value is -2.23. The van der Waals surface area contributed by atoms with Crippen LogP contribution in [0.2, 0.25) is 5.15 Å². The molecule has 1 amide bonds. The van der Waals surface area contributed by atoms with Crippen molar-refractivity contribution in [1.29, 1.82) is 0 Å². The van der Waals surface area contributed by atoms with Crippen molar-refractivity contribution in [3.8, 4) is 0 Å². The zero-order valence-corrected chi connectivity index (χ0v) is 16.9. The number of rotatable bonds is 8. The van der Waals surface area contributed by atoms with Crippen molar-refractivity contribution in [2.45, 2.75) is 32.2 Å². The van der Waals surface area contributed by atoms with E-state index in [4.69, 9.17) is 11.6 Å². The topological polar surface area (TPSA) is 105 Å². The summed E-state index contributed by atoms with van der Waals surface area (Å²) in [5, 5.41) is 8.61. The summed E-state index contributed by atoms with van der Waals surface area (Å²) in [6.07, 6.45) is 1.39. The highest BCUT2D eigenvalue weighted by Crippen LogP contribution is 2.18. The molecule has 10 heteroatoms. The maximum atomic E-state index is 12.1. The molecule has 0 fully saturated rings. The summed E-state index contributed by atoms with van der Waals surface area (Å²) in [6.45, 7) is 6.13. The van der Waals surface area contributed by atoms with Crippen LogP contribution >= 0.6 is 11.6 Å². The SMILES string of the molecule is Cc1nn(CC(C)C)c(Cl)c1/C=N\NC(=O)CNS(=O)(=O)c1ccccc1. The molecule has 0 saturated carbocycles. The second kappa shape index (κ2) is 9.12. The predicted octanol–water partition coefficient (Wildman–Crippen LogP) is 1.93. The minimum Gasteiger partial charge on any atom is -0.272 e. The number of halogens is 1. The van der Waals surface area contributed by atoms with Crippen LogP contribution in [0, 0.1) is 12.8 Å². The first-order valence-electron chi connectivity index (χ1n) is 8.30. The Kier molecular flexibility index (Phi) is 7.11. The molecule has 1 aromatic carbocycles. The van der Waals surface area contributed by atoms with Gasteiger partial charge >= 0.3 is 0 Å². The van der Waals surface area contributed by atoms with Gasteiger partial charge < -0.3 is 0 Å². The molecule has 0 aliphatic heterocycles. The van der Waals surface area contributed by atoms with Gasteiger partial charge in [0.15, 0.2) is 0 Å². The molecule has 0 unspecified atom stereocenters. The number of aryl methyl sites for hydroxylation is 1. The van der Waals surface area contributed by atoms with E-state index in [1.54, 1.807) is 29.8 Å². The largest absolute Gasteiger partial charge is 0.272 e. The highest BCUT2D eigenvalue weighted by Gasteiger charge is 2.15. The Morgan fingerprint density at radius 2 is 2.00 bits per heavy atom. The van der Waals surface area contributed by atoms with Crippen molar-refractivity contribution in [2.24, 2.45) is 11.0 Å². The summed E-state index contributed by atoms with van der Waals surface area (Å²) < 4.78 is 28.0. The monoisotopic (exact) mass is 411 g/mol. The summed E-state index contributed by atoms with van der Waals surface area (Å²) in [5.74, 6) is -0.224. The molecule has 2 rings (SSSR count). The molecule has 0 atom stereocenters. The summed E-state index contributed by atoms with van der Waals surface area (Å²) in [7, 11) is -3.75. The Balaban J connectivity index is 1.93. The van der Waals surface area contributed by atoms with Crippen LogP contribution < -0.4 is 10.1 Å². The number of hydrogen-bond acceptors (Lipinski definition) is 5. The van der Waals surface area contributed by atoms with Gasteiger partial charge in [-0.15, -0.1) is 0 Å². The molecule has 0 spiro atoms. The van der Waals surface area contributed by atoms with Gasteiger partial charge in [-0.25, -0.2) is 18.6 Å². The molecule has 1 heterocycles. The summed E-state index contributed by atoms with van der Waals surface area (Å²) >= 11 is 6.28. The molecular formula is C17H22ClN5O3S. The maximum Gasteiger partial charge on any atom is 0.255 e. The second-order valence-electron chi connectivity index (χ2n) is 6.30. The third-order valence-electron chi connectivity index (χ3n) is 3.51. The van der Waals surface area contributed by atoms with Crippen molar-refractivity contribution in [1.82, 2.24) is 19.9 Å². The van der Waals surface area contributed by atoms with E-state index < -0.39 is 22.5 Å². The molecule has 1 aromatic heterocycles. The highest BCUT2D eigenvalue weighted by molar-refractivity contribution is 7.89. The fourth-order valence-electron chi connectivity index (χ4n) is 2.23. The molecule has 8 nitrogen and oxygen atoms in total. The lowest BCUT2D eigenvalue weighted by molar-refractivity contribution is -0.119. The Morgan fingerprint density at radius 3 is 2.63 bits per heavy atom. The molecule has 0 radical (unpaired) electrons. The summed E-state index contributed by atoms with van der Waals surface area (Å²) in [4.78, 5) is 11.9. The molecule has 0 aliphatic carbocycles. The summed E-state index contributed by atoms with van der Waals surface area (Å²) in [6, 6.07) is 7.79. The first-order chi connectivity index (χ1) is 12.7. The Labute approximate surface area is 163 Å². The number of nitrogens with one attached hydrogen (secondary N) is 2. The third kappa shape index (κ3) is 5.88. The van der Waals surface area contributed by atoms with Gasteiger partial charge in [-0.3, -0.25) is 9.48 Å².